The van der Waals surface area contributed by atoms with Crippen molar-refractivity contribution < 1.29 is 23.1 Å². The molecule has 1 saturated carbocycles. The quantitative estimate of drug-likeness (QED) is 0.860. The average molecular weight is 343 g/mol. The van der Waals surface area contributed by atoms with Gasteiger partial charge in [0.15, 0.2) is 0 Å². The van der Waals surface area contributed by atoms with Crippen molar-refractivity contribution in [2.45, 2.75) is 44.8 Å². The number of pyridine rings is 1. The molecule has 0 aromatic carbocycles. The van der Waals surface area contributed by atoms with E-state index in [-0.39, 0.29) is 5.56 Å². The lowest BCUT2D eigenvalue weighted by Crippen LogP contribution is -2.24. The smallest absolute Gasteiger partial charge is 0.475 e. The van der Waals surface area contributed by atoms with Gasteiger partial charge in [0.05, 0.1) is 0 Å². The molecular weight excluding hydrogens is 327 g/mol. The van der Waals surface area contributed by atoms with Gasteiger partial charge in [0.25, 0.3) is 5.56 Å². The molecule has 0 radical (unpaired) electrons. The van der Waals surface area contributed by atoms with E-state index in [4.69, 9.17) is 9.90 Å². The number of carboxylic acid groups (broad SMARTS) is 1. The van der Waals surface area contributed by atoms with Crippen molar-refractivity contribution in [1.82, 2.24) is 14.5 Å². The minimum atomic E-state index is -5.08. The van der Waals surface area contributed by atoms with Gasteiger partial charge in [0.2, 0.25) is 0 Å². The Morgan fingerprint density at radius 1 is 1.33 bits per heavy atom. The average Bonchev–Trinajstić information content (AvgIpc) is 3.01. The van der Waals surface area contributed by atoms with Crippen molar-refractivity contribution >= 4 is 17.0 Å². The molecule has 9 heteroatoms. The summed E-state index contributed by atoms with van der Waals surface area (Å²) >= 11 is 0. The zero-order valence-corrected chi connectivity index (χ0v) is 12.9. The van der Waals surface area contributed by atoms with Crippen LogP contribution < -0.4 is 5.56 Å². The van der Waals surface area contributed by atoms with Gasteiger partial charge in [-0.05, 0) is 25.3 Å². The number of fused-ring (bicyclic) bond motifs is 1. The number of hydrogen-bond acceptors (Lipinski definition) is 4. The fourth-order valence-electron chi connectivity index (χ4n) is 2.75. The van der Waals surface area contributed by atoms with E-state index in [1.807, 2.05) is 11.5 Å². The van der Waals surface area contributed by atoms with E-state index >= 15 is 0 Å². The van der Waals surface area contributed by atoms with Crippen LogP contribution in [0.25, 0.3) is 11.0 Å². The minimum Gasteiger partial charge on any atom is -0.475 e. The highest BCUT2D eigenvalue weighted by atomic mass is 19.4. The number of aliphatic carboxylic acids is 1. The number of nitrogens with zero attached hydrogens (tertiary/aromatic N) is 3. The lowest BCUT2D eigenvalue weighted by Gasteiger charge is -2.16. The van der Waals surface area contributed by atoms with Crippen LogP contribution in [0, 0.1) is 6.92 Å². The Labute approximate surface area is 135 Å². The van der Waals surface area contributed by atoms with Gasteiger partial charge in [-0.2, -0.15) is 13.2 Å². The number of carbonyl (C=O) groups is 1. The second kappa shape index (κ2) is 6.98. The van der Waals surface area contributed by atoms with Gasteiger partial charge >= 0.3 is 12.1 Å². The summed E-state index contributed by atoms with van der Waals surface area (Å²) in [6, 6.07) is 2.02. The Hall–Kier alpha value is -2.45. The van der Waals surface area contributed by atoms with E-state index in [9.17, 15) is 18.0 Å². The van der Waals surface area contributed by atoms with Crippen LogP contribution >= 0.6 is 0 Å². The molecule has 2 aromatic rings. The lowest BCUT2D eigenvalue weighted by molar-refractivity contribution is -0.192. The fraction of sp³-hybridized carbons (Fsp3) is 0.467. The summed E-state index contributed by atoms with van der Waals surface area (Å²) in [6.45, 7) is 1.94. The Kier molecular flexibility index (Phi) is 5.20. The fourth-order valence-corrected chi connectivity index (χ4v) is 2.75. The van der Waals surface area contributed by atoms with Crippen molar-refractivity contribution in [2.24, 2.45) is 0 Å². The molecule has 0 amide bonds. The maximum atomic E-state index is 12.1. The number of alkyl halides is 3. The van der Waals surface area contributed by atoms with Gasteiger partial charge in [0.1, 0.15) is 12.0 Å². The first-order valence-corrected chi connectivity index (χ1v) is 7.33. The van der Waals surface area contributed by atoms with Gasteiger partial charge in [0, 0.05) is 23.7 Å². The molecule has 0 saturated heterocycles. The molecule has 0 aliphatic heterocycles. The van der Waals surface area contributed by atoms with Gasteiger partial charge in [-0.25, -0.2) is 14.8 Å². The number of rotatable bonds is 1. The maximum absolute atomic E-state index is 12.1. The van der Waals surface area contributed by atoms with Crippen LogP contribution in [0.2, 0.25) is 0 Å². The van der Waals surface area contributed by atoms with E-state index in [0.29, 0.717) is 6.04 Å². The Balaban J connectivity index is 0.000000256. The van der Waals surface area contributed by atoms with Crippen molar-refractivity contribution in [3.05, 3.63) is 34.5 Å². The minimum absolute atomic E-state index is 0.0700. The van der Waals surface area contributed by atoms with Gasteiger partial charge in [-0.3, -0.25) is 9.36 Å². The van der Waals surface area contributed by atoms with E-state index in [0.717, 1.165) is 29.4 Å². The third-order valence-electron chi connectivity index (χ3n) is 3.85. The molecule has 24 heavy (non-hydrogen) atoms. The third-order valence-corrected chi connectivity index (χ3v) is 3.85. The van der Waals surface area contributed by atoms with E-state index in [2.05, 4.69) is 9.97 Å². The first-order valence-electron chi connectivity index (χ1n) is 7.33. The monoisotopic (exact) mass is 343 g/mol. The largest absolute Gasteiger partial charge is 0.490 e. The predicted octanol–water partition coefficient (Wildman–Crippen LogP) is 2.85. The van der Waals surface area contributed by atoms with Crippen LogP contribution in [-0.2, 0) is 4.79 Å². The molecule has 1 fully saturated rings. The summed E-state index contributed by atoms with van der Waals surface area (Å²) in [5.74, 6) is -2.76. The number of aromatic nitrogens is 3. The standard InChI is InChI=1S/C13H15N3O.C2HF3O2/c1-9-6-12(17)16(10-4-2-3-5-10)13-11(9)7-14-8-15-13;3-2(4,5)1(6)7/h6-8,10H,2-5H2,1H3;(H,6,7). The van der Waals surface area contributed by atoms with Gasteiger partial charge in [-0.15, -0.1) is 0 Å². The van der Waals surface area contributed by atoms with Crippen molar-refractivity contribution in [1.29, 1.82) is 0 Å². The molecule has 2 aromatic heterocycles. The summed E-state index contributed by atoms with van der Waals surface area (Å²) in [7, 11) is 0. The molecule has 0 unspecified atom stereocenters. The Morgan fingerprint density at radius 2 is 1.92 bits per heavy atom. The molecule has 6 nitrogen and oxygen atoms in total. The number of halogens is 3. The number of aryl methyl sites for hydroxylation is 1. The third kappa shape index (κ3) is 3.90. The first kappa shape index (κ1) is 17.9. The summed E-state index contributed by atoms with van der Waals surface area (Å²) in [6.07, 6.45) is 2.81. The second-order valence-corrected chi connectivity index (χ2v) is 5.54. The van der Waals surface area contributed by atoms with Crippen LogP contribution in [-0.4, -0.2) is 31.8 Å². The van der Waals surface area contributed by atoms with Crippen molar-refractivity contribution in [3.63, 3.8) is 0 Å². The highest BCUT2D eigenvalue weighted by Crippen LogP contribution is 2.30. The molecular formula is C15H16F3N3O3. The molecule has 1 aliphatic carbocycles. The Morgan fingerprint density at radius 3 is 2.46 bits per heavy atom. The van der Waals surface area contributed by atoms with Gasteiger partial charge < -0.3 is 5.11 Å². The normalized spacial score (nSPS) is 15.2. The Bertz CT molecular complexity index is 796. The SMILES string of the molecule is Cc1cc(=O)n(C2CCCC2)c2ncncc12.O=C(O)C(F)(F)F. The van der Waals surface area contributed by atoms with Crippen LogP contribution in [0.4, 0.5) is 13.2 Å². The molecule has 3 rings (SSSR count). The van der Waals surface area contributed by atoms with Crippen molar-refractivity contribution in [3.8, 4) is 0 Å². The lowest BCUT2D eigenvalue weighted by atomic mass is 10.1. The van der Waals surface area contributed by atoms with Crippen LogP contribution in [0.5, 0.6) is 0 Å². The molecule has 1 aliphatic rings. The topological polar surface area (TPSA) is 85.1 Å². The molecule has 0 bridgehead atoms. The van der Waals surface area contributed by atoms with E-state index < -0.39 is 12.1 Å². The number of hydrogen-bond donors (Lipinski definition) is 1. The van der Waals surface area contributed by atoms with Crippen LogP contribution in [0.15, 0.2) is 23.4 Å². The molecule has 0 atom stereocenters. The van der Waals surface area contributed by atoms with Crippen LogP contribution in [0.1, 0.15) is 37.3 Å². The van der Waals surface area contributed by atoms with Crippen molar-refractivity contribution in [2.75, 3.05) is 0 Å². The van der Waals surface area contributed by atoms with Crippen LogP contribution in [0.3, 0.4) is 0 Å². The van der Waals surface area contributed by atoms with E-state index in [1.54, 1.807) is 12.3 Å². The van der Waals surface area contributed by atoms with Gasteiger partial charge in [-0.1, -0.05) is 12.8 Å². The first-order chi connectivity index (χ1) is 11.2. The predicted molar refractivity (Wildman–Crippen MR) is 79.7 cm³/mol. The highest BCUT2D eigenvalue weighted by Gasteiger charge is 2.38. The molecule has 130 valence electrons. The zero-order valence-electron chi connectivity index (χ0n) is 12.9. The summed E-state index contributed by atoms with van der Waals surface area (Å²) in [4.78, 5) is 29.4. The summed E-state index contributed by atoms with van der Waals surface area (Å²) in [5, 5.41) is 8.11. The molecule has 1 N–H and O–H groups in total. The molecule has 2 heterocycles. The maximum Gasteiger partial charge on any atom is 0.490 e. The molecule has 0 spiro atoms. The highest BCUT2D eigenvalue weighted by molar-refractivity contribution is 5.77. The summed E-state index contributed by atoms with van der Waals surface area (Å²) < 4.78 is 33.6. The summed E-state index contributed by atoms with van der Waals surface area (Å²) in [5.41, 5.74) is 1.82. The van der Waals surface area contributed by atoms with E-state index in [1.165, 1.54) is 19.2 Å². The second-order valence-electron chi connectivity index (χ2n) is 5.54. The zero-order chi connectivity index (χ0) is 17.9. The number of carboxylic acids is 1.